The van der Waals surface area contributed by atoms with E-state index in [1.165, 1.54) is 0 Å². The maximum atomic E-state index is 11.6. The first-order valence-electron chi connectivity index (χ1n) is 8.48. The van der Waals surface area contributed by atoms with Crippen LogP contribution in [0.5, 0.6) is 0 Å². The highest BCUT2D eigenvalue weighted by molar-refractivity contribution is 5.75. The number of hydrogen-bond donors (Lipinski definition) is 2. The second-order valence-corrected chi connectivity index (χ2v) is 5.97. The van der Waals surface area contributed by atoms with Gasteiger partial charge in [-0.15, -0.1) is 0 Å². The summed E-state index contributed by atoms with van der Waals surface area (Å²) in [5.74, 6) is -1.38. The standard InChI is InChI=1S/C16H26O8/c1-3-21-15(19)13(17)11-7-5-9(23-11)10-6-8-12(24-10)14(18)16(20)22-4-2/h9-14,17-18H,3-8H2,1-2H3/t9-,10-,11+,12+,13-,14-/m1/s1. The second-order valence-electron chi connectivity index (χ2n) is 5.97. The Morgan fingerprint density at radius 3 is 1.58 bits per heavy atom. The molecule has 0 aromatic rings. The van der Waals surface area contributed by atoms with Crippen LogP contribution in [0.3, 0.4) is 0 Å². The van der Waals surface area contributed by atoms with Gasteiger partial charge in [0.2, 0.25) is 0 Å². The summed E-state index contributed by atoms with van der Waals surface area (Å²) in [4.78, 5) is 23.1. The molecule has 6 atom stereocenters. The molecule has 2 aliphatic heterocycles. The fraction of sp³-hybridized carbons (Fsp3) is 0.875. The molecule has 0 saturated carbocycles. The zero-order valence-electron chi connectivity index (χ0n) is 14.1. The highest BCUT2D eigenvalue weighted by atomic mass is 16.6. The smallest absolute Gasteiger partial charge is 0.337 e. The molecule has 8 nitrogen and oxygen atoms in total. The first kappa shape index (κ1) is 19.1. The first-order valence-corrected chi connectivity index (χ1v) is 8.48. The maximum Gasteiger partial charge on any atom is 0.337 e. The van der Waals surface area contributed by atoms with Crippen molar-refractivity contribution in [3.05, 3.63) is 0 Å². The maximum absolute atomic E-state index is 11.6. The van der Waals surface area contributed by atoms with E-state index in [2.05, 4.69) is 0 Å². The van der Waals surface area contributed by atoms with Crippen LogP contribution < -0.4 is 0 Å². The lowest BCUT2D eigenvalue weighted by molar-refractivity contribution is -0.169. The molecule has 138 valence electrons. The highest BCUT2D eigenvalue weighted by Crippen LogP contribution is 2.33. The number of hydrogen-bond acceptors (Lipinski definition) is 8. The molecular formula is C16H26O8. The van der Waals surface area contributed by atoms with E-state index in [-0.39, 0.29) is 25.4 Å². The van der Waals surface area contributed by atoms with Crippen LogP contribution in [0.1, 0.15) is 39.5 Å². The van der Waals surface area contributed by atoms with Crippen molar-refractivity contribution in [2.24, 2.45) is 0 Å². The van der Waals surface area contributed by atoms with E-state index in [1.54, 1.807) is 13.8 Å². The van der Waals surface area contributed by atoms with Crippen LogP contribution in [-0.4, -0.2) is 72.0 Å². The lowest BCUT2D eigenvalue weighted by Crippen LogP contribution is -2.38. The number of carbonyl (C=O) groups is 2. The zero-order chi connectivity index (χ0) is 17.7. The van der Waals surface area contributed by atoms with E-state index in [0.717, 1.165) is 0 Å². The van der Waals surface area contributed by atoms with Crippen molar-refractivity contribution in [1.29, 1.82) is 0 Å². The molecule has 2 N–H and O–H groups in total. The van der Waals surface area contributed by atoms with Crippen LogP contribution in [0.4, 0.5) is 0 Å². The molecule has 0 aromatic carbocycles. The summed E-state index contributed by atoms with van der Waals surface area (Å²) in [5.41, 5.74) is 0. The molecule has 0 unspecified atom stereocenters. The fourth-order valence-corrected chi connectivity index (χ4v) is 3.15. The molecule has 0 bridgehead atoms. The summed E-state index contributed by atoms with van der Waals surface area (Å²) in [6.07, 6.45) is -2.10. The van der Waals surface area contributed by atoms with E-state index < -0.39 is 36.4 Å². The van der Waals surface area contributed by atoms with Gasteiger partial charge in [-0.2, -0.15) is 0 Å². The normalized spacial score (nSPS) is 32.3. The van der Waals surface area contributed by atoms with Gasteiger partial charge in [0.25, 0.3) is 0 Å². The SMILES string of the molecule is CCOC(=O)[C@H](O)[C@@H]1CC[C@H]([C@H]2CC[C@@H]([C@@H](O)C(=O)OCC)O2)O1. The molecule has 2 aliphatic rings. The number of rotatable bonds is 7. The summed E-state index contributed by atoms with van der Waals surface area (Å²) in [7, 11) is 0. The van der Waals surface area contributed by atoms with Gasteiger partial charge in [-0.1, -0.05) is 0 Å². The molecule has 2 fully saturated rings. The lowest BCUT2D eigenvalue weighted by atomic mass is 10.0. The third-order valence-corrected chi connectivity index (χ3v) is 4.35. The van der Waals surface area contributed by atoms with Gasteiger partial charge >= 0.3 is 11.9 Å². The molecule has 0 amide bonds. The van der Waals surface area contributed by atoms with E-state index in [9.17, 15) is 19.8 Å². The van der Waals surface area contributed by atoms with Crippen LogP contribution >= 0.6 is 0 Å². The van der Waals surface area contributed by atoms with Crippen molar-refractivity contribution in [1.82, 2.24) is 0 Å². The Morgan fingerprint density at radius 1 is 0.875 bits per heavy atom. The predicted octanol–water partition coefficient (Wildman–Crippen LogP) is -0.0704. The quantitative estimate of drug-likeness (QED) is 0.616. The number of carbonyl (C=O) groups excluding carboxylic acids is 2. The topological polar surface area (TPSA) is 112 Å². The molecule has 24 heavy (non-hydrogen) atoms. The Labute approximate surface area is 141 Å². The van der Waals surface area contributed by atoms with Crippen LogP contribution in [0.15, 0.2) is 0 Å². The summed E-state index contributed by atoms with van der Waals surface area (Å²) in [6.45, 7) is 3.74. The van der Waals surface area contributed by atoms with Gasteiger partial charge in [-0.05, 0) is 39.5 Å². The molecule has 2 heterocycles. The number of aliphatic hydroxyl groups excluding tert-OH is 2. The monoisotopic (exact) mass is 346 g/mol. The number of ether oxygens (including phenoxy) is 4. The minimum atomic E-state index is -1.31. The minimum Gasteiger partial charge on any atom is -0.464 e. The first-order chi connectivity index (χ1) is 11.5. The average Bonchev–Trinajstić information content (AvgIpc) is 3.22. The third kappa shape index (κ3) is 4.44. The Morgan fingerprint density at radius 2 is 1.25 bits per heavy atom. The van der Waals surface area contributed by atoms with Crippen molar-refractivity contribution in [2.45, 2.75) is 76.2 Å². The second kappa shape index (κ2) is 8.75. The Hall–Kier alpha value is -1.22. The molecular weight excluding hydrogens is 320 g/mol. The summed E-state index contributed by atoms with van der Waals surface area (Å²) < 4.78 is 21.1. The summed E-state index contributed by atoms with van der Waals surface area (Å²) in [6, 6.07) is 0. The Balaban J connectivity index is 1.82. The van der Waals surface area contributed by atoms with Gasteiger partial charge in [-0.25, -0.2) is 9.59 Å². The van der Waals surface area contributed by atoms with E-state index in [1.807, 2.05) is 0 Å². The van der Waals surface area contributed by atoms with Gasteiger partial charge in [0, 0.05) is 0 Å². The molecule has 2 saturated heterocycles. The van der Waals surface area contributed by atoms with Crippen LogP contribution in [0.25, 0.3) is 0 Å². The van der Waals surface area contributed by atoms with Crippen LogP contribution in [-0.2, 0) is 28.5 Å². The van der Waals surface area contributed by atoms with Gasteiger partial charge in [0.15, 0.2) is 12.2 Å². The van der Waals surface area contributed by atoms with Gasteiger partial charge in [-0.3, -0.25) is 0 Å². The van der Waals surface area contributed by atoms with Gasteiger partial charge < -0.3 is 29.2 Å². The molecule has 0 spiro atoms. The van der Waals surface area contributed by atoms with E-state index in [0.29, 0.717) is 25.7 Å². The molecule has 0 aromatic heterocycles. The third-order valence-electron chi connectivity index (χ3n) is 4.35. The molecule has 2 rings (SSSR count). The van der Waals surface area contributed by atoms with E-state index >= 15 is 0 Å². The van der Waals surface area contributed by atoms with Gasteiger partial charge in [0.1, 0.15) is 0 Å². The minimum absolute atomic E-state index is 0.200. The number of aliphatic hydroxyl groups is 2. The summed E-state index contributed by atoms with van der Waals surface area (Å²) >= 11 is 0. The van der Waals surface area contributed by atoms with Crippen molar-refractivity contribution in [2.75, 3.05) is 13.2 Å². The lowest BCUT2D eigenvalue weighted by Gasteiger charge is -2.23. The van der Waals surface area contributed by atoms with Crippen molar-refractivity contribution in [3.63, 3.8) is 0 Å². The Kier molecular flexibility index (Phi) is 6.97. The van der Waals surface area contributed by atoms with Crippen molar-refractivity contribution >= 4 is 11.9 Å². The van der Waals surface area contributed by atoms with Crippen LogP contribution in [0, 0.1) is 0 Å². The predicted molar refractivity (Wildman–Crippen MR) is 81.1 cm³/mol. The highest BCUT2D eigenvalue weighted by Gasteiger charge is 2.43. The van der Waals surface area contributed by atoms with Crippen LogP contribution in [0.2, 0.25) is 0 Å². The summed E-state index contributed by atoms with van der Waals surface area (Å²) in [5, 5.41) is 19.9. The zero-order valence-corrected chi connectivity index (χ0v) is 14.1. The molecule has 8 heteroatoms. The average molecular weight is 346 g/mol. The van der Waals surface area contributed by atoms with Gasteiger partial charge in [0.05, 0.1) is 37.6 Å². The van der Waals surface area contributed by atoms with Crippen molar-refractivity contribution < 1.29 is 38.7 Å². The van der Waals surface area contributed by atoms with Crippen molar-refractivity contribution in [3.8, 4) is 0 Å². The molecule has 0 radical (unpaired) electrons. The number of esters is 2. The molecule has 0 aliphatic carbocycles. The van der Waals surface area contributed by atoms with E-state index in [4.69, 9.17) is 18.9 Å². The Bertz CT molecular complexity index is 400. The largest absolute Gasteiger partial charge is 0.464 e. The fourth-order valence-electron chi connectivity index (χ4n) is 3.15.